The first kappa shape index (κ1) is 12.2. The number of anilines is 1. The monoisotopic (exact) mass is 230 g/mol. The lowest BCUT2D eigenvalue weighted by Gasteiger charge is -2.27. The average Bonchev–Trinajstić information content (AvgIpc) is 2.21. The second kappa shape index (κ2) is 5.91. The maximum absolute atomic E-state index is 12.7. The number of alkyl halides is 1. The Hall–Kier alpha value is -0.830. The first-order valence-corrected chi connectivity index (χ1v) is 5.62. The Morgan fingerprint density at radius 1 is 1.47 bits per heavy atom. The van der Waals surface area contributed by atoms with Crippen LogP contribution in [0.25, 0.3) is 0 Å². The van der Waals surface area contributed by atoms with Crippen molar-refractivity contribution in [3.8, 4) is 0 Å². The van der Waals surface area contributed by atoms with Gasteiger partial charge in [0.05, 0.1) is 6.20 Å². The second-order valence-corrected chi connectivity index (χ2v) is 4.04. The molecule has 0 spiro atoms. The number of hydrogen-bond acceptors (Lipinski definition) is 2. The van der Waals surface area contributed by atoms with E-state index in [1.165, 1.54) is 12.3 Å². The van der Waals surface area contributed by atoms with Crippen molar-refractivity contribution in [2.45, 2.75) is 26.3 Å². The quantitative estimate of drug-likeness (QED) is 0.723. The molecule has 0 aliphatic carbocycles. The zero-order chi connectivity index (χ0) is 11.3. The van der Waals surface area contributed by atoms with Crippen LogP contribution in [0.3, 0.4) is 0 Å². The van der Waals surface area contributed by atoms with Crippen LogP contribution in [-0.4, -0.2) is 23.5 Å². The van der Waals surface area contributed by atoms with Gasteiger partial charge in [-0.25, -0.2) is 9.37 Å². The summed E-state index contributed by atoms with van der Waals surface area (Å²) in [4.78, 5) is 6.17. The minimum atomic E-state index is -0.306. The van der Waals surface area contributed by atoms with Crippen LogP contribution in [-0.2, 0) is 0 Å². The minimum absolute atomic E-state index is 0.306. The van der Waals surface area contributed by atoms with Crippen molar-refractivity contribution in [3.05, 3.63) is 24.1 Å². The standard InChI is InChI=1S/C11H16ClFN2/c1-9(2)15(7-3-6-12)11-5-4-10(13)8-14-11/h4-5,8-9H,3,6-7H2,1-2H3. The third-order valence-corrected chi connectivity index (χ3v) is 2.43. The molecule has 2 nitrogen and oxygen atoms in total. The van der Waals surface area contributed by atoms with Crippen molar-refractivity contribution < 1.29 is 4.39 Å². The van der Waals surface area contributed by atoms with Gasteiger partial charge in [-0.3, -0.25) is 0 Å². The van der Waals surface area contributed by atoms with Crippen molar-refractivity contribution in [1.82, 2.24) is 4.98 Å². The highest BCUT2D eigenvalue weighted by molar-refractivity contribution is 6.17. The maximum atomic E-state index is 12.7. The van der Waals surface area contributed by atoms with Crippen LogP contribution in [0, 0.1) is 5.82 Å². The van der Waals surface area contributed by atoms with Gasteiger partial charge >= 0.3 is 0 Å². The SMILES string of the molecule is CC(C)N(CCCCl)c1ccc(F)cn1. The van der Waals surface area contributed by atoms with E-state index < -0.39 is 0 Å². The van der Waals surface area contributed by atoms with E-state index in [1.807, 2.05) is 0 Å². The van der Waals surface area contributed by atoms with Crippen LogP contribution >= 0.6 is 11.6 Å². The Balaban J connectivity index is 2.74. The normalized spacial score (nSPS) is 10.7. The molecule has 0 aromatic carbocycles. The molecule has 0 N–H and O–H groups in total. The summed E-state index contributed by atoms with van der Waals surface area (Å²) in [6.45, 7) is 5.01. The molecule has 1 rings (SSSR count). The largest absolute Gasteiger partial charge is 0.354 e. The van der Waals surface area contributed by atoms with Gasteiger partial charge < -0.3 is 4.90 Å². The lowest BCUT2D eigenvalue weighted by molar-refractivity contribution is 0.615. The smallest absolute Gasteiger partial charge is 0.141 e. The number of nitrogens with zero attached hydrogens (tertiary/aromatic N) is 2. The number of pyridine rings is 1. The minimum Gasteiger partial charge on any atom is -0.354 e. The molecule has 1 aromatic heterocycles. The van der Waals surface area contributed by atoms with Crippen LogP contribution in [0.15, 0.2) is 18.3 Å². The molecule has 15 heavy (non-hydrogen) atoms. The molecule has 0 unspecified atom stereocenters. The van der Waals surface area contributed by atoms with E-state index >= 15 is 0 Å². The van der Waals surface area contributed by atoms with E-state index in [0.717, 1.165) is 18.8 Å². The molecule has 0 aliphatic heterocycles. The van der Waals surface area contributed by atoms with E-state index in [0.29, 0.717) is 11.9 Å². The summed E-state index contributed by atoms with van der Waals surface area (Å²) < 4.78 is 12.7. The number of aromatic nitrogens is 1. The first-order chi connectivity index (χ1) is 7.15. The summed E-state index contributed by atoms with van der Waals surface area (Å²) >= 11 is 5.66. The van der Waals surface area contributed by atoms with Gasteiger partial charge in [0.2, 0.25) is 0 Å². The zero-order valence-electron chi connectivity index (χ0n) is 9.08. The molecule has 0 aliphatic rings. The summed E-state index contributed by atoms with van der Waals surface area (Å²) in [7, 11) is 0. The predicted octanol–water partition coefficient (Wildman–Crippen LogP) is 3.06. The van der Waals surface area contributed by atoms with Crippen molar-refractivity contribution in [1.29, 1.82) is 0 Å². The first-order valence-electron chi connectivity index (χ1n) is 5.09. The Bertz CT molecular complexity index is 287. The van der Waals surface area contributed by atoms with E-state index in [4.69, 9.17) is 11.6 Å². The Labute approximate surface area is 95.1 Å². The molecule has 0 amide bonds. The number of hydrogen-bond donors (Lipinski definition) is 0. The molecule has 0 saturated heterocycles. The van der Waals surface area contributed by atoms with Crippen LogP contribution in [0.4, 0.5) is 10.2 Å². The van der Waals surface area contributed by atoms with Gasteiger partial charge in [0.1, 0.15) is 11.6 Å². The fourth-order valence-electron chi connectivity index (χ4n) is 1.41. The number of halogens is 2. The van der Waals surface area contributed by atoms with Gasteiger partial charge in [0, 0.05) is 18.5 Å². The van der Waals surface area contributed by atoms with Crippen LogP contribution < -0.4 is 4.90 Å². The van der Waals surface area contributed by atoms with Crippen LogP contribution in [0.2, 0.25) is 0 Å². The molecule has 4 heteroatoms. The third kappa shape index (κ3) is 3.67. The molecule has 1 heterocycles. The van der Waals surface area contributed by atoms with Gasteiger partial charge in [-0.2, -0.15) is 0 Å². The Morgan fingerprint density at radius 3 is 2.67 bits per heavy atom. The number of rotatable bonds is 5. The van der Waals surface area contributed by atoms with Crippen molar-refractivity contribution in [2.24, 2.45) is 0 Å². The molecule has 84 valence electrons. The molecular weight excluding hydrogens is 215 g/mol. The Morgan fingerprint density at radius 2 is 2.20 bits per heavy atom. The predicted molar refractivity (Wildman–Crippen MR) is 62.0 cm³/mol. The fraction of sp³-hybridized carbons (Fsp3) is 0.545. The summed E-state index contributed by atoms with van der Waals surface area (Å²) in [5, 5.41) is 0. The molecule has 0 atom stereocenters. The summed E-state index contributed by atoms with van der Waals surface area (Å²) in [5.74, 6) is 1.13. The summed E-state index contributed by atoms with van der Waals surface area (Å²) in [5.41, 5.74) is 0. The lowest BCUT2D eigenvalue weighted by atomic mass is 10.3. The molecule has 0 bridgehead atoms. The maximum Gasteiger partial charge on any atom is 0.141 e. The van der Waals surface area contributed by atoms with E-state index in [2.05, 4.69) is 23.7 Å². The van der Waals surface area contributed by atoms with E-state index in [9.17, 15) is 4.39 Å². The van der Waals surface area contributed by atoms with Gasteiger partial charge in [0.25, 0.3) is 0 Å². The van der Waals surface area contributed by atoms with Crippen molar-refractivity contribution in [3.63, 3.8) is 0 Å². The lowest BCUT2D eigenvalue weighted by Crippen LogP contribution is -2.32. The van der Waals surface area contributed by atoms with Crippen molar-refractivity contribution >= 4 is 17.4 Å². The zero-order valence-corrected chi connectivity index (χ0v) is 9.84. The van der Waals surface area contributed by atoms with Crippen LogP contribution in [0.5, 0.6) is 0 Å². The van der Waals surface area contributed by atoms with Gasteiger partial charge in [-0.15, -0.1) is 11.6 Å². The summed E-state index contributed by atoms with van der Waals surface area (Å²) in [6, 6.07) is 3.47. The fourth-order valence-corrected chi connectivity index (χ4v) is 1.52. The second-order valence-electron chi connectivity index (χ2n) is 3.66. The molecular formula is C11H16ClFN2. The summed E-state index contributed by atoms with van der Waals surface area (Å²) in [6.07, 6.45) is 2.14. The van der Waals surface area contributed by atoms with Crippen LogP contribution in [0.1, 0.15) is 20.3 Å². The molecule has 0 saturated carbocycles. The molecule has 0 fully saturated rings. The molecule has 1 aromatic rings. The molecule has 0 radical (unpaired) electrons. The topological polar surface area (TPSA) is 16.1 Å². The highest BCUT2D eigenvalue weighted by Crippen LogP contribution is 2.14. The average molecular weight is 231 g/mol. The van der Waals surface area contributed by atoms with Gasteiger partial charge in [-0.1, -0.05) is 0 Å². The highest BCUT2D eigenvalue weighted by Gasteiger charge is 2.10. The highest BCUT2D eigenvalue weighted by atomic mass is 35.5. The van der Waals surface area contributed by atoms with Gasteiger partial charge in [0.15, 0.2) is 0 Å². The third-order valence-electron chi connectivity index (χ3n) is 2.16. The van der Waals surface area contributed by atoms with Crippen molar-refractivity contribution in [2.75, 3.05) is 17.3 Å². The van der Waals surface area contributed by atoms with E-state index in [1.54, 1.807) is 6.07 Å². The van der Waals surface area contributed by atoms with E-state index in [-0.39, 0.29) is 5.82 Å². The Kier molecular flexibility index (Phi) is 4.82. The van der Waals surface area contributed by atoms with Gasteiger partial charge in [-0.05, 0) is 32.4 Å².